The number of H-pyrrole nitrogens is 1. The molecule has 0 bridgehead atoms. The van der Waals surface area contributed by atoms with E-state index in [1.54, 1.807) is 41.5 Å². The second kappa shape index (κ2) is 8.55. The monoisotopic (exact) mass is 401 g/mol. The fourth-order valence-corrected chi connectivity index (χ4v) is 2.31. The zero-order chi connectivity index (χ0) is 21.0. The number of alkyl carbamates (subject to hydrolysis) is 1. The first-order valence-corrected chi connectivity index (χ1v) is 8.74. The van der Waals surface area contributed by atoms with E-state index in [2.05, 4.69) is 10.3 Å². The van der Waals surface area contributed by atoms with Crippen molar-refractivity contribution >= 4 is 30.4 Å². The first-order chi connectivity index (χ1) is 12.2. The minimum Gasteiger partial charge on any atom is -0.467 e. The van der Waals surface area contributed by atoms with Crippen molar-refractivity contribution in [3.63, 3.8) is 0 Å². The van der Waals surface area contributed by atoms with Gasteiger partial charge in [-0.15, -0.1) is 0 Å². The lowest BCUT2D eigenvalue weighted by Gasteiger charge is -2.23. The van der Waals surface area contributed by atoms with Crippen LogP contribution in [0.3, 0.4) is 0 Å². The van der Waals surface area contributed by atoms with Crippen LogP contribution in [0.15, 0.2) is 6.20 Å². The molecule has 1 rings (SSSR count). The van der Waals surface area contributed by atoms with Crippen molar-refractivity contribution in [2.75, 3.05) is 7.11 Å². The minimum absolute atomic E-state index is 0.0572. The lowest BCUT2D eigenvalue weighted by Crippen LogP contribution is -2.45. The van der Waals surface area contributed by atoms with Gasteiger partial charge in [-0.3, -0.25) is 0 Å². The van der Waals surface area contributed by atoms with Crippen molar-refractivity contribution < 1.29 is 28.6 Å². The Bertz CT molecular complexity index is 754. The highest BCUT2D eigenvalue weighted by molar-refractivity contribution is 7.71. The van der Waals surface area contributed by atoms with E-state index in [0.29, 0.717) is 5.69 Å². The molecule has 0 unspecified atom stereocenters. The Morgan fingerprint density at radius 1 is 1.15 bits per heavy atom. The molecule has 0 aliphatic carbocycles. The highest BCUT2D eigenvalue weighted by Crippen LogP contribution is 2.14. The van der Waals surface area contributed by atoms with Gasteiger partial charge in [0.25, 0.3) is 0 Å². The van der Waals surface area contributed by atoms with Crippen molar-refractivity contribution in [3.05, 3.63) is 16.7 Å². The number of nitrogens with zero attached hydrogens (tertiary/aromatic N) is 1. The van der Waals surface area contributed by atoms with Crippen molar-refractivity contribution in [2.24, 2.45) is 0 Å². The molecule has 1 aromatic rings. The number of imidazole rings is 1. The number of aromatic nitrogens is 2. The summed E-state index contributed by atoms with van der Waals surface area (Å²) in [5.41, 5.74) is -1.11. The number of carbonyl (C=O) groups excluding carboxylic acids is 3. The van der Waals surface area contributed by atoms with Crippen molar-refractivity contribution in [3.8, 4) is 0 Å². The molecular formula is C17H27N3O6S. The maximum atomic E-state index is 12.4. The summed E-state index contributed by atoms with van der Waals surface area (Å²) in [6.45, 7) is 10.3. The van der Waals surface area contributed by atoms with Crippen LogP contribution in [0.4, 0.5) is 9.59 Å². The maximum absolute atomic E-state index is 12.4. The topological polar surface area (TPSA) is 112 Å². The second-order valence-electron chi connectivity index (χ2n) is 7.83. The highest BCUT2D eigenvalue weighted by atomic mass is 32.1. The number of aromatic amines is 1. The van der Waals surface area contributed by atoms with Crippen molar-refractivity contribution in [1.29, 1.82) is 0 Å². The van der Waals surface area contributed by atoms with Crippen LogP contribution in [0.2, 0.25) is 0 Å². The van der Waals surface area contributed by atoms with Gasteiger partial charge in [-0.1, -0.05) is 0 Å². The first-order valence-electron chi connectivity index (χ1n) is 8.33. The lowest BCUT2D eigenvalue weighted by atomic mass is 10.1. The molecule has 1 aromatic heterocycles. The summed E-state index contributed by atoms with van der Waals surface area (Å²) >= 11 is 5.12. The van der Waals surface area contributed by atoms with Crippen LogP contribution in [-0.4, -0.2) is 52.1 Å². The van der Waals surface area contributed by atoms with Gasteiger partial charge in [0.2, 0.25) is 0 Å². The number of hydrogen-bond donors (Lipinski definition) is 2. The average molecular weight is 401 g/mol. The molecule has 1 atom stereocenters. The Hall–Kier alpha value is -2.36. The molecule has 0 radical (unpaired) electrons. The number of amides is 1. The number of nitrogens with one attached hydrogen (secondary N) is 2. The van der Waals surface area contributed by atoms with E-state index in [0.717, 1.165) is 4.57 Å². The third-order valence-electron chi connectivity index (χ3n) is 3.02. The molecule has 2 N–H and O–H groups in total. The molecule has 0 aliphatic heterocycles. The summed E-state index contributed by atoms with van der Waals surface area (Å²) in [5, 5.41) is 2.45. The summed E-state index contributed by atoms with van der Waals surface area (Å²) < 4.78 is 16.5. The van der Waals surface area contributed by atoms with Gasteiger partial charge in [-0.25, -0.2) is 19.0 Å². The molecule has 0 spiro atoms. The Labute approximate surface area is 163 Å². The SMILES string of the molecule is COC(=O)[C@H](Cc1c[nH]c(=S)n1C(=O)OC(C)(C)C)NC(=O)OC(C)(C)C. The molecule has 1 amide bonds. The molecule has 1 heterocycles. The summed E-state index contributed by atoms with van der Waals surface area (Å²) in [5.74, 6) is -0.691. The fourth-order valence-electron chi connectivity index (χ4n) is 2.06. The van der Waals surface area contributed by atoms with Gasteiger partial charge in [0.05, 0.1) is 12.8 Å². The van der Waals surface area contributed by atoms with Gasteiger partial charge in [-0.2, -0.15) is 0 Å². The van der Waals surface area contributed by atoms with Gasteiger partial charge < -0.3 is 24.5 Å². The zero-order valence-electron chi connectivity index (χ0n) is 16.7. The van der Waals surface area contributed by atoms with E-state index in [9.17, 15) is 14.4 Å². The minimum atomic E-state index is -1.08. The Kier molecular flexibility index (Phi) is 7.18. The van der Waals surface area contributed by atoms with Crippen molar-refractivity contribution in [1.82, 2.24) is 14.9 Å². The third kappa shape index (κ3) is 7.41. The number of esters is 1. The second-order valence-corrected chi connectivity index (χ2v) is 8.21. The average Bonchev–Trinajstić information content (AvgIpc) is 2.82. The Balaban J connectivity index is 3.06. The van der Waals surface area contributed by atoms with Crippen LogP contribution in [0.1, 0.15) is 47.2 Å². The lowest BCUT2D eigenvalue weighted by molar-refractivity contribution is -0.143. The van der Waals surface area contributed by atoms with E-state index >= 15 is 0 Å². The largest absolute Gasteiger partial charge is 0.467 e. The van der Waals surface area contributed by atoms with E-state index in [4.69, 9.17) is 26.4 Å². The molecule has 0 saturated heterocycles. The van der Waals surface area contributed by atoms with Crippen LogP contribution in [0, 0.1) is 4.77 Å². The predicted octanol–water partition coefficient (Wildman–Crippen LogP) is 2.94. The van der Waals surface area contributed by atoms with Gasteiger partial charge in [0, 0.05) is 12.6 Å². The predicted molar refractivity (Wildman–Crippen MR) is 100 cm³/mol. The first kappa shape index (κ1) is 22.7. The van der Waals surface area contributed by atoms with E-state index < -0.39 is 35.4 Å². The molecule has 10 heteroatoms. The van der Waals surface area contributed by atoms with Crippen LogP contribution in [-0.2, 0) is 25.4 Å². The third-order valence-corrected chi connectivity index (χ3v) is 3.32. The van der Waals surface area contributed by atoms with E-state index in [1.165, 1.54) is 13.3 Å². The van der Waals surface area contributed by atoms with Gasteiger partial charge in [-0.05, 0) is 53.8 Å². The summed E-state index contributed by atoms with van der Waals surface area (Å²) in [4.78, 5) is 39.3. The van der Waals surface area contributed by atoms with Gasteiger partial charge in [0.1, 0.15) is 17.2 Å². The standard InChI is InChI=1S/C17H27N3O6S/c1-16(2,3)25-14(22)19-11(12(21)24-7)8-10-9-18-13(27)20(10)15(23)26-17(4,5)6/h9,11H,8H2,1-7H3,(H,18,27)(H,19,22)/t11-/m0/s1. The number of hydrogen-bond acceptors (Lipinski definition) is 7. The molecule has 152 valence electrons. The summed E-state index contributed by atoms with van der Waals surface area (Å²) in [6, 6.07) is -1.08. The van der Waals surface area contributed by atoms with Gasteiger partial charge in [0.15, 0.2) is 4.77 Å². The smallest absolute Gasteiger partial charge is 0.421 e. The quantitative estimate of drug-likeness (QED) is 0.453. The molecule has 0 saturated carbocycles. The molecule has 0 aliphatic rings. The molecule has 0 aromatic carbocycles. The van der Waals surface area contributed by atoms with Crippen LogP contribution in [0.25, 0.3) is 0 Å². The molecule has 9 nitrogen and oxygen atoms in total. The van der Waals surface area contributed by atoms with Crippen LogP contribution in [0.5, 0.6) is 0 Å². The highest BCUT2D eigenvalue weighted by Gasteiger charge is 2.28. The zero-order valence-corrected chi connectivity index (χ0v) is 17.5. The Morgan fingerprint density at radius 3 is 2.19 bits per heavy atom. The fraction of sp³-hybridized carbons (Fsp3) is 0.647. The number of methoxy groups -OCH3 is 1. The summed E-state index contributed by atoms with van der Waals surface area (Å²) in [7, 11) is 1.20. The maximum Gasteiger partial charge on any atom is 0.421 e. The number of rotatable bonds is 4. The number of carbonyl (C=O) groups is 3. The molecule has 0 fully saturated rings. The number of ether oxygens (including phenoxy) is 3. The van der Waals surface area contributed by atoms with E-state index in [1.807, 2.05) is 0 Å². The molecular weight excluding hydrogens is 374 g/mol. The normalized spacial score (nSPS) is 12.9. The van der Waals surface area contributed by atoms with E-state index in [-0.39, 0.29) is 11.2 Å². The summed E-state index contributed by atoms with van der Waals surface area (Å²) in [6.07, 6.45) is -0.0578. The van der Waals surface area contributed by atoms with Gasteiger partial charge >= 0.3 is 18.2 Å². The molecule has 27 heavy (non-hydrogen) atoms. The Morgan fingerprint density at radius 2 is 1.70 bits per heavy atom. The van der Waals surface area contributed by atoms with Crippen LogP contribution >= 0.6 is 12.2 Å². The van der Waals surface area contributed by atoms with Crippen molar-refractivity contribution in [2.45, 2.75) is 65.2 Å². The van der Waals surface area contributed by atoms with Crippen LogP contribution < -0.4 is 5.32 Å².